The second kappa shape index (κ2) is 5.88. The van der Waals surface area contributed by atoms with Gasteiger partial charge in [-0.1, -0.05) is 23.7 Å². The Morgan fingerprint density at radius 2 is 1.85 bits per heavy atom. The van der Waals surface area contributed by atoms with Crippen LogP contribution < -0.4 is 10.7 Å². The predicted molar refractivity (Wildman–Crippen MR) is 82.4 cm³/mol. The van der Waals surface area contributed by atoms with E-state index in [1.165, 1.54) is 0 Å². The number of aryl methyl sites for hydroxylation is 1. The lowest BCUT2D eigenvalue weighted by molar-refractivity contribution is 1.04. The summed E-state index contributed by atoms with van der Waals surface area (Å²) < 4.78 is 0. The smallest absolute Gasteiger partial charge is 0.133 e. The van der Waals surface area contributed by atoms with Crippen LogP contribution in [0.3, 0.4) is 0 Å². The van der Waals surface area contributed by atoms with Crippen molar-refractivity contribution in [3.05, 3.63) is 52.6 Å². The number of nitrogens with zero attached hydrogens (tertiary/aromatic N) is 4. The first-order valence-corrected chi connectivity index (χ1v) is 6.46. The number of aromatic nitrogens is 2. The van der Waals surface area contributed by atoms with E-state index in [1.54, 1.807) is 13.0 Å². The van der Waals surface area contributed by atoms with Gasteiger partial charge < -0.3 is 10.7 Å². The third-order valence-electron chi connectivity index (χ3n) is 2.84. The molecule has 2 rings (SSSR count). The van der Waals surface area contributed by atoms with Crippen LogP contribution in [-0.2, 0) is 0 Å². The Labute approximate surface area is 123 Å². The summed E-state index contributed by atoms with van der Waals surface area (Å²) in [5, 5.41) is 4.21. The Bertz CT molecular complexity index is 614. The number of rotatable bonds is 3. The minimum absolute atomic E-state index is 0.374. The molecule has 1 aromatic heterocycles. The van der Waals surface area contributed by atoms with Crippen LogP contribution in [0.2, 0.25) is 5.15 Å². The van der Waals surface area contributed by atoms with E-state index in [4.69, 9.17) is 17.4 Å². The molecule has 0 saturated carbocycles. The fourth-order valence-corrected chi connectivity index (χ4v) is 2.08. The van der Waals surface area contributed by atoms with E-state index in [0.29, 0.717) is 22.4 Å². The quantitative estimate of drug-likeness (QED) is 0.407. The Morgan fingerprint density at radius 3 is 2.35 bits per heavy atom. The first-order chi connectivity index (χ1) is 9.51. The zero-order chi connectivity index (χ0) is 14.7. The van der Waals surface area contributed by atoms with Gasteiger partial charge in [0.1, 0.15) is 16.7 Å². The zero-order valence-electron chi connectivity index (χ0n) is 11.6. The average Bonchev–Trinajstić information content (AvgIpc) is 2.39. The number of benzene rings is 1. The molecule has 6 heteroatoms. The maximum Gasteiger partial charge on any atom is 0.133 e. The molecule has 0 radical (unpaired) electrons. The summed E-state index contributed by atoms with van der Waals surface area (Å²) in [6.45, 7) is 1.78. The van der Waals surface area contributed by atoms with E-state index >= 15 is 0 Å². The highest BCUT2D eigenvalue weighted by atomic mass is 35.5. The number of anilines is 1. The van der Waals surface area contributed by atoms with Gasteiger partial charge in [0.25, 0.3) is 0 Å². The number of nitrogens with two attached hydrogens (primary N) is 1. The zero-order valence-corrected chi connectivity index (χ0v) is 12.4. The summed E-state index contributed by atoms with van der Waals surface area (Å²) in [5.41, 5.74) is 3.18. The molecule has 0 aliphatic heterocycles. The molecule has 2 N–H and O–H groups in total. The van der Waals surface area contributed by atoms with Crippen molar-refractivity contribution >= 4 is 23.0 Å². The highest BCUT2D eigenvalue weighted by Crippen LogP contribution is 2.16. The molecule has 1 heterocycles. The van der Waals surface area contributed by atoms with Gasteiger partial charge in [-0.15, -0.1) is 0 Å². The normalized spacial score (nSPS) is 11.5. The maximum atomic E-state index is 5.95. The molecule has 0 spiro atoms. The maximum absolute atomic E-state index is 5.95. The SMILES string of the molecule is Cc1nc(Cl)cc(/C(=N/N)c2ccc(N(C)C)cc2)n1. The highest BCUT2D eigenvalue weighted by molar-refractivity contribution is 6.30. The van der Waals surface area contributed by atoms with Crippen LogP contribution in [0.5, 0.6) is 0 Å². The highest BCUT2D eigenvalue weighted by Gasteiger charge is 2.11. The standard InChI is InChI=1S/C14H16ClN5/c1-9-17-12(8-13(15)18-9)14(19-16)10-4-6-11(7-5-10)20(2)3/h4-8H,16H2,1-3H3/b19-14+. The van der Waals surface area contributed by atoms with Gasteiger partial charge in [-0.2, -0.15) is 5.10 Å². The molecule has 0 atom stereocenters. The van der Waals surface area contributed by atoms with Crippen LogP contribution >= 0.6 is 11.6 Å². The van der Waals surface area contributed by atoms with E-state index in [9.17, 15) is 0 Å². The number of hydrogen-bond acceptors (Lipinski definition) is 5. The van der Waals surface area contributed by atoms with Gasteiger partial charge in [-0.3, -0.25) is 0 Å². The van der Waals surface area contributed by atoms with Gasteiger partial charge in [-0.05, 0) is 19.1 Å². The van der Waals surface area contributed by atoms with Gasteiger partial charge in [-0.25, -0.2) is 9.97 Å². The first-order valence-electron chi connectivity index (χ1n) is 6.08. The van der Waals surface area contributed by atoms with E-state index in [1.807, 2.05) is 43.3 Å². The molecule has 2 aromatic rings. The Kier molecular flexibility index (Phi) is 4.20. The summed E-state index contributed by atoms with van der Waals surface area (Å²) in [7, 11) is 3.97. The average molecular weight is 290 g/mol. The minimum atomic E-state index is 0.374. The summed E-state index contributed by atoms with van der Waals surface area (Å²) in [5.74, 6) is 6.09. The first kappa shape index (κ1) is 14.3. The fourth-order valence-electron chi connectivity index (χ4n) is 1.86. The largest absolute Gasteiger partial charge is 0.378 e. The summed E-state index contributed by atoms with van der Waals surface area (Å²) in [6, 6.07) is 9.55. The predicted octanol–water partition coefficient (Wildman–Crippen LogP) is 2.22. The van der Waals surface area contributed by atoms with E-state index in [2.05, 4.69) is 15.1 Å². The molecule has 1 aromatic carbocycles. The van der Waals surface area contributed by atoms with E-state index < -0.39 is 0 Å². The molecular formula is C14H16ClN5. The summed E-state index contributed by atoms with van der Waals surface area (Å²) in [6.07, 6.45) is 0. The molecule has 0 unspecified atom stereocenters. The molecule has 0 bridgehead atoms. The lowest BCUT2D eigenvalue weighted by atomic mass is 10.1. The van der Waals surface area contributed by atoms with Gasteiger partial charge in [0, 0.05) is 31.4 Å². The molecular weight excluding hydrogens is 274 g/mol. The summed E-state index contributed by atoms with van der Waals surface area (Å²) in [4.78, 5) is 10.4. The van der Waals surface area contributed by atoms with Crippen molar-refractivity contribution in [3.8, 4) is 0 Å². The van der Waals surface area contributed by atoms with Crippen molar-refractivity contribution in [1.29, 1.82) is 0 Å². The third-order valence-corrected chi connectivity index (χ3v) is 3.03. The minimum Gasteiger partial charge on any atom is -0.378 e. The molecule has 0 aliphatic carbocycles. The topological polar surface area (TPSA) is 67.4 Å². The molecule has 0 fully saturated rings. The Hall–Kier alpha value is -2.14. The molecule has 5 nitrogen and oxygen atoms in total. The molecule has 104 valence electrons. The van der Waals surface area contributed by atoms with Gasteiger partial charge >= 0.3 is 0 Å². The van der Waals surface area contributed by atoms with Crippen molar-refractivity contribution in [2.75, 3.05) is 19.0 Å². The molecule has 0 saturated heterocycles. The third kappa shape index (κ3) is 3.05. The van der Waals surface area contributed by atoms with Crippen molar-refractivity contribution in [1.82, 2.24) is 9.97 Å². The Morgan fingerprint density at radius 1 is 1.20 bits per heavy atom. The second-order valence-electron chi connectivity index (χ2n) is 4.54. The van der Waals surface area contributed by atoms with Crippen molar-refractivity contribution in [3.63, 3.8) is 0 Å². The van der Waals surface area contributed by atoms with Crippen LogP contribution in [0.25, 0.3) is 0 Å². The lowest BCUT2D eigenvalue weighted by Gasteiger charge is -2.13. The van der Waals surface area contributed by atoms with Gasteiger partial charge in [0.05, 0.1) is 5.69 Å². The Balaban J connectivity index is 2.42. The molecule has 20 heavy (non-hydrogen) atoms. The van der Waals surface area contributed by atoms with E-state index in [0.717, 1.165) is 11.3 Å². The summed E-state index contributed by atoms with van der Waals surface area (Å²) >= 11 is 5.95. The van der Waals surface area contributed by atoms with Gasteiger partial charge in [0.15, 0.2) is 0 Å². The van der Waals surface area contributed by atoms with Crippen LogP contribution in [0.15, 0.2) is 35.4 Å². The molecule has 0 aliphatic rings. The van der Waals surface area contributed by atoms with E-state index in [-0.39, 0.29) is 0 Å². The fraction of sp³-hybridized carbons (Fsp3) is 0.214. The van der Waals surface area contributed by atoms with Crippen LogP contribution in [-0.4, -0.2) is 29.8 Å². The van der Waals surface area contributed by atoms with Crippen molar-refractivity contribution < 1.29 is 0 Å². The lowest BCUT2D eigenvalue weighted by Crippen LogP contribution is -2.12. The van der Waals surface area contributed by atoms with Gasteiger partial charge in [0.2, 0.25) is 0 Å². The number of hydrazone groups is 1. The van der Waals surface area contributed by atoms with Crippen LogP contribution in [0.1, 0.15) is 17.1 Å². The van der Waals surface area contributed by atoms with Crippen LogP contribution in [0, 0.1) is 6.92 Å². The number of hydrogen-bond donors (Lipinski definition) is 1. The van der Waals surface area contributed by atoms with Crippen LogP contribution in [0.4, 0.5) is 5.69 Å². The molecule has 0 amide bonds. The van der Waals surface area contributed by atoms with Crippen molar-refractivity contribution in [2.24, 2.45) is 10.9 Å². The number of halogens is 1. The second-order valence-corrected chi connectivity index (χ2v) is 4.93. The monoisotopic (exact) mass is 289 g/mol. The van der Waals surface area contributed by atoms with Crippen molar-refractivity contribution in [2.45, 2.75) is 6.92 Å².